The van der Waals surface area contributed by atoms with Crippen molar-refractivity contribution in [1.82, 2.24) is 0 Å². The number of halogens is 2. The van der Waals surface area contributed by atoms with E-state index < -0.39 is 70.7 Å². The second kappa shape index (κ2) is 7.39. The second-order valence-electron chi connectivity index (χ2n) is 11.3. The average molecular weight is 469 g/mol. The smallest absolute Gasteiger partial charge is 0.193 e. The molecule has 2 N–H and O–H groups in total. The Hall–Kier alpha value is -1.22. The van der Waals surface area contributed by atoms with Gasteiger partial charge in [0.2, 0.25) is 0 Å². The van der Waals surface area contributed by atoms with Crippen molar-refractivity contribution >= 4 is 11.6 Å². The van der Waals surface area contributed by atoms with Crippen molar-refractivity contribution in [3.63, 3.8) is 0 Å². The van der Waals surface area contributed by atoms with E-state index >= 15 is 8.78 Å². The lowest BCUT2D eigenvalue weighted by Gasteiger charge is -2.63. The highest BCUT2D eigenvalue weighted by Crippen LogP contribution is 2.72. The quantitative estimate of drug-likeness (QED) is 0.658. The maximum Gasteiger partial charge on any atom is 0.193 e. The third-order valence-electron chi connectivity index (χ3n) is 9.95. The zero-order valence-electron chi connectivity index (χ0n) is 19.5. The largest absolute Gasteiger partial charge is 0.390 e. The Morgan fingerprint density at radius 1 is 1.27 bits per heavy atom. The van der Waals surface area contributed by atoms with Gasteiger partial charge in [-0.1, -0.05) is 27.2 Å². The summed E-state index contributed by atoms with van der Waals surface area (Å²) in [6.45, 7) is 4.66. The molecule has 184 valence electrons. The van der Waals surface area contributed by atoms with Crippen LogP contribution in [0.25, 0.3) is 0 Å². The maximum absolute atomic E-state index is 17.2. The molecule has 3 unspecified atom stereocenters. The molecule has 5 rings (SSSR count). The number of fused-ring (bicyclic) bond motifs is 7. The van der Waals surface area contributed by atoms with Crippen LogP contribution < -0.4 is 0 Å². The first-order chi connectivity index (χ1) is 15.5. The van der Waals surface area contributed by atoms with E-state index in [9.17, 15) is 19.8 Å². The van der Waals surface area contributed by atoms with Gasteiger partial charge in [-0.25, -0.2) is 8.78 Å². The van der Waals surface area contributed by atoms with Crippen LogP contribution in [0.15, 0.2) is 11.4 Å². The number of aliphatic hydroxyl groups is 2. The van der Waals surface area contributed by atoms with E-state index in [0.717, 1.165) is 6.42 Å². The van der Waals surface area contributed by atoms with Gasteiger partial charge in [-0.2, -0.15) is 0 Å². The Morgan fingerprint density at radius 2 is 2.00 bits per heavy atom. The van der Waals surface area contributed by atoms with E-state index in [1.54, 1.807) is 13.8 Å². The van der Waals surface area contributed by atoms with Crippen molar-refractivity contribution < 1.29 is 38.1 Å². The van der Waals surface area contributed by atoms with Crippen LogP contribution in [-0.2, 0) is 19.1 Å². The highest BCUT2D eigenvalue weighted by molar-refractivity contribution is 5.91. The first-order valence-corrected chi connectivity index (χ1v) is 12.2. The van der Waals surface area contributed by atoms with Crippen LogP contribution in [0.1, 0.15) is 72.1 Å². The van der Waals surface area contributed by atoms with E-state index in [0.29, 0.717) is 12.8 Å². The minimum absolute atomic E-state index is 0.0620. The number of hydrogen-bond acceptors (Lipinski definition) is 6. The van der Waals surface area contributed by atoms with Crippen molar-refractivity contribution in [2.24, 2.45) is 22.7 Å². The summed E-state index contributed by atoms with van der Waals surface area (Å²) in [5, 5.41) is 21.3. The minimum atomic E-state index is -2.13. The highest BCUT2D eigenvalue weighted by atomic mass is 19.1. The number of alkyl halides is 1. The van der Waals surface area contributed by atoms with Gasteiger partial charge in [0.25, 0.3) is 0 Å². The number of carbonyl (C=O) groups excluding carboxylic acids is 2. The molecule has 0 bridgehead atoms. The molecule has 4 aliphatic carbocycles. The topological polar surface area (TPSA) is 93.1 Å². The third-order valence-corrected chi connectivity index (χ3v) is 9.95. The first kappa shape index (κ1) is 23.5. The standard InChI is InChI=1S/C25H34F2O6/c1-4-5-21-32-20-10-14-15-9-17(26)16-8-13(29)6-7-22(16,2)24(15,27)18(30)11-23(14,3)25(20,33-21)19(31)12-28/h14-15,18,20-21,28,30H,4-12H2,1-3H3/t14?,15?,18?,20-,21+,22+,23+,24+,25-/m1/s1. The van der Waals surface area contributed by atoms with Gasteiger partial charge in [0, 0.05) is 36.0 Å². The lowest BCUT2D eigenvalue weighted by atomic mass is 9.44. The molecule has 3 saturated carbocycles. The molecule has 0 aromatic heterocycles. The SMILES string of the molecule is CCC[C@H]1O[C@@H]2CC3C4CC(F)=C5CC(=O)CC[C@]5(C)[C@@]4(F)C(O)C[C@]3(C)[C@]2(C(=O)CO)O1. The van der Waals surface area contributed by atoms with Crippen molar-refractivity contribution in [3.8, 4) is 0 Å². The summed E-state index contributed by atoms with van der Waals surface area (Å²) in [5.74, 6) is -2.49. The molecule has 1 heterocycles. The highest BCUT2D eigenvalue weighted by Gasteiger charge is 2.79. The minimum Gasteiger partial charge on any atom is -0.390 e. The number of Topliss-reactive ketones (excluding diaryl/α,β-unsaturated/α-hetero) is 2. The monoisotopic (exact) mass is 468 g/mol. The van der Waals surface area contributed by atoms with Gasteiger partial charge in [0.1, 0.15) is 23.9 Å². The molecular formula is C25H34F2O6. The molecule has 9 atom stereocenters. The molecule has 33 heavy (non-hydrogen) atoms. The Labute approximate surface area is 192 Å². The normalized spacial score (nSPS) is 51.1. The predicted octanol–water partition coefficient (Wildman–Crippen LogP) is 3.33. The van der Waals surface area contributed by atoms with Gasteiger partial charge in [-0.05, 0) is 37.2 Å². The summed E-state index contributed by atoms with van der Waals surface area (Å²) in [5.41, 5.74) is -5.76. The summed E-state index contributed by atoms with van der Waals surface area (Å²) in [6, 6.07) is 0. The fraction of sp³-hybridized carbons (Fsp3) is 0.840. The van der Waals surface area contributed by atoms with Crippen LogP contribution in [0.5, 0.6) is 0 Å². The van der Waals surface area contributed by atoms with Gasteiger partial charge in [0.05, 0.1) is 12.2 Å². The molecule has 0 amide bonds. The molecule has 5 aliphatic rings. The molecule has 8 heteroatoms. The molecule has 4 fully saturated rings. The summed E-state index contributed by atoms with van der Waals surface area (Å²) >= 11 is 0. The number of allylic oxidation sites excluding steroid dienone is 2. The van der Waals surface area contributed by atoms with Gasteiger partial charge < -0.3 is 19.7 Å². The van der Waals surface area contributed by atoms with E-state index in [2.05, 4.69) is 0 Å². The molecule has 6 nitrogen and oxygen atoms in total. The van der Waals surface area contributed by atoms with Crippen LogP contribution in [0.3, 0.4) is 0 Å². The predicted molar refractivity (Wildman–Crippen MR) is 113 cm³/mol. The zero-order valence-corrected chi connectivity index (χ0v) is 19.5. The fourth-order valence-electron chi connectivity index (χ4n) is 8.35. The number of ether oxygens (including phenoxy) is 2. The Bertz CT molecular complexity index is 921. The van der Waals surface area contributed by atoms with E-state index in [1.807, 2.05) is 6.92 Å². The molecule has 0 aromatic carbocycles. The lowest BCUT2D eigenvalue weighted by Crippen LogP contribution is -2.70. The van der Waals surface area contributed by atoms with Gasteiger partial charge in [-0.3, -0.25) is 9.59 Å². The average Bonchev–Trinajstić information content (AvgIpc) is 3.24. The zero-order chi connectivity index (χ0) is 24.0. The Morgan fingerprint density at radius 3 is 2.67 bits per heavy atom. The molecule has 1 aliphatic heterocycles. The second-order valence-corrected chi connectivity index (χ2v) is 11.3. The summed E-state index contributed by atoms with van der Waals surface area (Å²) in [6.07, 6.45) is -1.22. The molecule has 0 aromatic rings. The summed E-state index contributed by atoms with van der Waals surface area (Å²) in [4.78, 5) is 25.3. The number of rotatable bonds is 4. The molecular weight excluding hydrogens is 434 g/mol. The van der Waals surface area contributed by atoms with Gasteiger partial charge in [-0.15, -0.1) is 0 Å². The van der Waals surface area contributed by atoms with Crippen LogP contribution in [-0.4, -0.2) is 58.2 Å². The number of carbonyl (C=O) groups is 2. The van der Waals surface area contributed by atoms with Crippen molar-refractivity contribution in [3.05, 3.63) is 11.4 Å². The van der Waals surface area contributed by atoms with Gasteiger partial charge in [0.15, 0.2) is 17.7 Å². The number of aliphatic hydroxyl groups excluding tert-OH is 2. The summed E-state index contributed by atoms with van der Waals surface area (Å²) in [7, 11) is 0. The third kappa shape index (κ3) is 2.67. The molecule has 0 radical (unpaired) electrons. The Balaban J connectivity index is 1.62. The fourth-order valence-corrected chi connectivity index (χ4v) is 8.35. The molecule has 0 spiro atoms. The van der Waals surface area contributed by atoms with Crippen LogP contribution in [0.2, 0.25) is 0 Å². The van der Waals surface area contributed by atoms with Crippen LogP contribution in [0.4, 0.5) is 8.78 Å². The lowest BCUT2D eigenvalue weighted by molar-refractivity contribution is -0.236. The summed E-state index contributed by atoms with van der Waals surface area (Å²) < 4.78 is 45.1. The van der Waals surface area contributed by atoms with E-state index in [1.165, 1.54) is 0 Å². The van der Waals surface area contributed by atoms with Crippen molar-refractivity contribution in [2.75, 3.05) is 6.61 Å². The van der Waals surface area contributed by atoms with Crippen molar-refractivity contribution in [1.29, 1.82) is 0 Å². The number of ketones is 2. The molecule has 1 saturated heterocycles. The van der Waals surface area contributed by atoms with Crippen LogP contribution >= 0.6 is 0 Å². The maximum atomic E-state index is 17.2. The van der Waals surface area contributed by atoms with E-state index in [4.69, 9.17) is 9.47 Å². The van der Waals surface area contributed by atoms with Gasteiger partial charge >= 0.3 is 0 Å². The van der Waals surface area contributed by atoms with Crippen LogP contribution in [0, 0.1) is 22.7 Å². The first-order valence-electron chi connectivity index (χ1n) is 12.2. The van der Waals surface area contributed by atoms with Crippen molar-refractivity contribution in [2.45, 2.75) is 102 Å². The number of hydrogen-bond donors (Lipinski definition) is 2. The Kier molecular flexibility index (Phi) is 5.27. The van der Waals surface area contributed by atoms with E-state index in [-0.39, 0.29) is 43.5 Å².